The third-order valence-electron chi connectivity index (χ3n) is 5.53. The standard InChI is InChI=1S/C20H30ClN3O2/c1-19(2,3)26-18(25)24-11-10-20(8-4-5-9-20)12-16(24)14-23-17-7-6-15(21)13-22-17/h6-7,13,16H,4-5,8-12,14H2,1-3H3,(H,22,23). The predicted molar refractivity (Wildman–Crippen MR) is 105 cm³/mol. The zero-order chi connectivity index (χ0) is 18.8. The number of hydrogen-bond acceptors (Lipinski definition) is 4. The molecule has 3 rings (SSSR count). The second-order valence-electron chi connectivity index (χ2n) is 8.73. The van der Waals surface area contributed by atoms with Crippen molar-refractivity contribution in [3.8, 4) is 0 Å². The monoisotopic (exact) mass is 379 g/mol. The number of carbonyl (C=O) groups is 1. The van der Waals surface area contributed by atoms with Crippen LogP contribution in [0.4, 0.5) is 10.6 Å². The molecule has 1 saturated heterocycles. The largest absolute Gasteiger partial charge is 0.444 e. The van der Waals surface area contributed by atoms with Gasteiger partial charge in [-0.15, -0.1) is 0 Å². The number of amides is 1. The number of rotatable bonds is 3. The van der Waals surface area contributed by atoms with Crippen LogP contribution in [0.2, 0.25) is 5.02 Å². The lowest BCUT2D eigenvalue weighted by atomic mass is 9.74. The van der Waals surface area contributed by atoms with Gasteiger partial charge in [-0.05, 0) is 64.0 Å². The molecule has 26 heavy (non-hydrogen) atoms. The van der Waals surface area contributed by atoms with E-state index >= 15 is 0 Å². The molecule has 0 radical (unpaired) electrons. The number of aromatic nitrogens is 1. The first-order valence-corrected chi connectivity index (χ1v) is 9.99. The zero-order valence-electron chi connectivity index (χ0n) is 16.1. The van der Waals surface area contributed by atoms with Crippen LogP contribution in [0.25, 0.3) is 0 Å². The molecular weight excluding hydrogens is 350 g/mol. The van der Waals surface area contributed by atoms with Crippen molar-refractivity contribution in [3.63, 3.8) is 0 Å². The van der Waals surface area contributed by atoms with E-state index in [9.17, 15) is 4.79 Å². The van der Waals surface area contributed by atoms with Crippen LogP contribution >= 0.6 is 11.6 Å². The van der Waals surface area contributed by atoms with Crippen LogP contribution in [0.5, 0.6) is 0 Å². The van der Waals surface area contributed by atoms with Crippen LogP contribution < -0.4 is 5.32 Å². The summed E-state index contributed by atoms with van der Waals surface area (Å²) in [4.78, 5) is 18.9. The maximum Gasteiger partial charge on any atom is 0.410 e. The smallest absolute Gasteiger partial charge is 0.410 e. The van der Waals surface area contributed by atoms with Gasteiger partial charge in [0.25, 0.3) is 0 Å². The fourth-order valence-electron chi connectivity index (χ4n) is 4.28. The lowest BCUT2D eigenvalue weighted by molar-refractivity contribution is -0.00540. The first-order valence-electron chi connectivity index (χ1n) is 9.61. The minimum Gasteiger partial charge on any atom is -0.444 e. The highest BCUT2D eigenvalue weighted by atomic mass is 35.5. The molecule has 1 spiro atoms. The number of pyridine rings is 1. The van der Waals surface area contributed by atoms with E-state index in [0.29, 0.717) is 17.0 Å². The van der Waals surface area contributed by atoms with Crippen molar-refractivity contribution in [2.45, 2.75) is 70.9 Å². The van der Waals surface area contributed by atoms with Gasteiger partial charge in [-0.3, -0.25) is 0 Å². The second-order valence-corrected chi connectivity index (χ2v) is 9.17. The van der Waals surface area contributed by atoms with Crippen LogP contribution in [0, 0.1) is 5.41 Å². The molecule has 2 fully saturated rings. The van der Waals surface area contributed by atoms with Crippen LogP contribution in [0.15, 0.2) is 18.3 Å². The molecule has 1 aliphatic carbocycles. The van der Waals surface area contributed by atoms with Gasteiger partial charge in [0.2, 0.25) is 0 Å². The van der Waals surface area contributed by atoms with E-state index in [4.69, 9.17) is 16.3 Å². The Balaban J connectivity index is 1.70. The van der Waals surface area contributed by atoms with Gasteiger partial charge in [0.1, 0.15) is 11.4 Å². The van der Waals surface area contributed by atoms with E-state index in [2.05, 4.69) is 10.3 Å². The summed E-state index contributed by atoms with van der Waals surface area (Å²) in [5.74, 6) is 0.782. The number of halogens is 1. The fourth-order valence-corrected chi connectivity index (χ4v) is 4.39. The van der Waals surface area contributed by atoms with Gasteiger partial charge in [0, 0.05) is 19.3 Å². The van der Waals surface area contributed by atoms with E-state index in [1.165, 1.54) is 25.7 Å². The van der Waals surface area contributed by atoms with Crippen molar-refractivity contribution < 1.29 is 9.53 Å². The van der Waals surface area contributed by atoms with Gasteiger partial charge in [-0.2, -0.15) is 0 Å². The van der Waals surface area contributed by atoms with Crippen LogP contribution in [-0.4, -0.2) is 40.7 Å². The zero-order valence-corrected chi connectivity index (χ0v) is 16.8. The van der Waals surface area contributed by atoms with Crippen LogP contribution in [0.1, 0.15) is 59.3 Å². The van der Waals surface area contributed by atoms with E-state index in [1.54, 1.807) is 6.20 Å². The lowest BCUT2D eigenvalue weighted by Crippen LogP contribution is -2.53. The summed E-state index contributed by atoms with van der Waals surface area (Å²) < 4.78 is 5.65. The van der Waals surface area contributed by atoms with Gasteiger partial charge in [0.05, 0.1) is 11.1 Å². The Hall–Kier alpha value is -1.49. The Morgan fingerprint density at radius 3 is 2.69 bits per heavy atom. The number of likely N-dealkylation sites (tertiary alicyclic amines) is 1. The number of carbonyl (C=O) groups excluding carboxylic acids is 1. The van der Waals surface area contributed by atoms with Gasteiger partial charge in [-0.1, -0.05) is 24.4 Å². The Labute approximate surface area is 161 Å². The third-order valence-corrected chi connectivity index (χ3v) is 5.75. The lowest BCUT2D eigenvalue weighted by Gasteiger charge is -2.45. The molecule has 1 atom stereocenters. The van der Waals surface area contributed by atoms with Gasteiger partial charge < -0.3 is 15.0 Å². The van der Waals surface area contributed by atoms with E-state index in [-0.39, 0.29) is 12.1 Å². The minimum absolute atomic E-state index is 0.120. The number of nitrogens with zero attached hydrogens (tertiary/aromatic N) is 2. The molecule has 1 amide bonds. The van der Waals surface area contributed by atoms with Crippen molar-refractivity contribution in [1.82, 2.24) is 9.88 Å². The number of piperidine rings is 1. The van der Waals surface area contributed by atoms with E-state index in [1.807, 2.05) is 37.8 Å². The van der Waals surface area contributed by atoms with E-state index in [0.717, 1.165) is 25.2 Å². The highest BCUT2D eigenvalue weighted by Crippen LogP contribution is 2.48. The molecule has 144 valence electrons. The van der Waals surface area contributed by atoms with Gasteiger partial charge >= 0.3 is 6.09 Å². The number of hydrogen-bond donors (Lipinski definition) is 1. The Morgan fingerprint density at radius 2 is 2.08 bits per heavy atom. The molecule has 1 aromatic heterocycles. The molecule has 0 aromatic carbocycles. The average molecular weight is 380 g/mol. The first kappa shape index (κ1) is 19.3. The SMILES string of the molecule is CC(C)(C)OC(=O)N1CCC2(CCCC2)CC1CNc1ccc(Cl)cn1. The van der Waals surface area contributed by atoms with Crippen molar-refractivity contribution in [2.75, 3.05) is 18.4 Å². The maximum atomic E-state index is 12.7. The quantitative estimate of drug-likeness (QED) is 0.793. The molecule has 0 bridgehead atoms. The summed E-state index contributed by atoms with van der Waals surface area (Å²) in [5, 5.41) is 4.00. The summed E-state index contributed by atoms with van der Waals surface area (Å²) in [7, 11) is 0. The fraction of sp³-hybridized carbons (Fsp3) is 0.700. The first-order chi connectivity index (χ1) is 12.3. The Morgan fingerprint density at radius 1 is 1.35 bits per heavy atom. The van der Waals surface area contributed by atoms with Crippen molar-refractivity contribution in [1.29, 1.82) is 0 Å². The van der Waals surface area contributed by atoms with Crippen LogP contribution in [-0.2, 0) is 4.74 Å². The van der Waals surface area contributed by atoms with Crippen molar-refractivity contribution in [2.24, 2.45) is 5.41 Å². The predicted octanol–water partition coefficient (Wildman–Crippen LogP) is 5.11. The van der Waals surface area contributed by atoms with Crippen molar-refractivity contribution in [3.05, 3.63) is 23.4 Å². The summed E-state index contributed by atoms with van der Waals surface area (Å²) in [5.41, 5.74) is -0.0758. The molecule has 2 aliphatic rings. The molecule has 5 nitrogen and oxygen atoms in total. The van der Waals surface area contributed by atoms with Gasteiger partial charge in [0.15, 0.2) is 0 Å². The topological polar surface area (TPSA) is 54.5 Å². The minimum atomic E-state index is -0.477. The average Bonchev–Trinajstić information content (AvgIpc) is 3.00. The molecule has 1 N–H and O–H groups in total. The molecule has 1 aromatic rings. The molecule has 6 heteroatoms. The highest BCUT2D eigenvalue weighted by molar-refractivity contribution is 6.30. The molecule has 1 aliphatic heterocycles. The molecular formula is C20H30ClN3O2. The Bertz CT molecular complexity index is 621. The number of ether oxygens (including phenoxy) is 1. The van der Waals surface area contributed by atoms with Gasteiger partial charge in [-0.25, -0.2) is 9.78 Å². The summed E-state index contributed by atoms with van der Waals surface area (Å²) in [6.45, 7) is 7.19. The summed E-state index contributed by atoms with van der Waals surface area (Å²) in [6.07, 6.45) is 8.73. The van der Waals surface area contributed by atoms with E-state index < -0.39 is 5.60 Å². The Kier molecular flexibility index (Phi) is 5.66. The number of nitrogens with one attached hydrogen (secondary N) is 1. The van der Waals surface area contributed by atoms with Crippen molar-refractivity contribution >= 4 is 23.5 Å². The highest BCUT2D eigenvalue weighted by Gasteiger charge is 2.43. The molecule has 2 heterocycles. The van der Waals surface area contributed by atoms with Crippen LogP contribution in [0.3, 0.4) is 0 Å². The molecule has 1 unspecified atom stereocenters. The normalized spacial score (nSPS) is 22.5. The second kappa shape index (κ2) is 7.63. The molecule has 1 saturated carbocycles. The summed E-state index contributed by atoms with van der Waals surface area (Å²) in [6, 6.07) is 3.81. The third kappa shape index (κ3) is 4.81. The summed E-state index contributed by atoms with van der Waals surface area (Å²) >= 11 is 5.91. The number of anilines is 1. The maximum absolute atomic E-state index is 12.7.